The average molecular weight is 519 g/mol. The van der Waals surface area contributed by atoms with Gasteiger partial charge in [0, 0.05) is 19.5 Å². The zero-order chi connectivity index (χ0) is 21.9. The molecule has 7 heteroatoms. The van der Waals surface area contributed by atoms with Gasteiger partial charge < -0.3 is 22.2 Å². The first kappa shape index (κ1) is 23.1. The summed E-state index contributed by atoms with van der Waals surface area (Å²) in [6.45, 7) is 0. The molecule has 2 heterocycles. The molecule has 0 radical (unpaired) electrons. The molecule has 0 unspecified atom stereocenters. The summed E-state index contributed by atoms with van der Waals surface area (Å²) in [6.07, 6.45) is 0. The molecule has 1 N–H and O–H groups in total. The maximum atomic E-state index is 9.69. The van der Waals surface area contributed by atoms with Crippen molar-refractivity contribution in [2.75, 3.05) is 0 Å². The minimum Gasteiger partial charge on any atom is -0.779 e. The Kier molecular flexibility index (Phi) is 7.14. The van der Waals surface area contributed by atoms with Crippen LogP contribution in [-0.4, -0.2) is 15.1 Å². The SMILES string of the molecule is Oc1ccccc1-c1nc2ccccc2o1.[S-]c1ccccc1-c1nc2ccccc2s1.[Zn]. The van der Waals surface area contributed by atoms with Gasteiger partial charge in [-0.2, -0.15) is 4.90 Å². The normalized spacial score (nSPS) is 10.4. The number of hydrogen-bond acceptors (Lipinski definition) is 6. The smallest absolute Gasteiger partial charge is 0.231 e. The quantitative estimate of drug-likeness (QED) is 0.196. The number of phenolic OH excluding ortho intramolecular Hbond substituents is 1. The molecule has 0 fully saturated rings. The predicted octanol–water partition coefficient (Wildman–Crippen LogP) is 7.07. The van der Waals surface area contributed by atoms with Crippen molar-refractivity contribution in [3.63, 3.8) is 0 Å². The number of hydrogen-bond donors (Lipinski definition) is 1. The summed E-state index contributed by atoms with van der Waals surface area (Å²) in [5, 5.41) is 10.7. The Morgan fingerprint density at radius 2 is 1.33 bits per heavy atom. The van der Waals surface area contributed by atoms with Gasteiger partial charge in [0.2, 0.25) is 5.89 Å². The van der Waals surface area contributed by atoms with Crippen LogP contribution < -0.4 is 0 Å². The van der Waals surface area contributed by atoms with Gasteiger partial charge in [-0.3, -0.25) is 0 Å². The number of thiazole rings is 1. The van der Waals surface area contributed by atoms with E-state index in [0.29, 0.717) is 11.5 Å². The number of aromatic hydroxyl groups is 1. The van der Waals surface area contributed by atoms with Crippen LogP contribution in [-0.2, 0) is 32.1 Å². The van der Waals surface area contributed by atoms with Gasteiger partial charge in [-0.05, 0) is 42.0 Å². The average Bonchev–Trinajstić information content (AvgIpc) is 3.44. The van der Waals surface area contributed by atoms with Crippen molar-refractivity contribution in [3.8, 4) is 27.8 Å². The van der Waals surface area contributed by atoms with Crippen molar-refractivity contribution in [2.45, 2.75) is 4.90 Å². The molecule has 0 amide bonds. The Labute approximate surface area is 213 Å². The van der Waals surface area contributed by atoms with Crippen LogP contribution in [0.15, 0.2) is 106 Å². The third-order valence-corrected chi connectivity index (χ3v) is 6.27. The van der Waals surface area contributed by atoms with Crippen LogP contribution in [0.2, 0.25) is 0 Å². The van der Waals surface area contributed by atoms with E-state index < -0.39 is 0 Å². The van der Waals surface area contributed by atoms with E-state index in [1.807, 2.05) is 72.8 Å². The summed E-state index contributed by atoms with van der Waals surface area (Å²) >= 11 is 6.99. The van der Waals surface area contributed by atoms with Gasteiger partial charge in [-0.1, -0.05) is 60.7 Å². The molecular formula is C26H17N2O2S2Zn-. The first-order valence-electron chi connectivity index (χ1n) is 9.95. The van der Waals surface area contributed by atoms with Crippen molar-refractivity contribution in [3.05, 3.63) is 97.1 Å². The van der Waals surface area contributed by atoms with Gasteiger partial charge in [0.25, 0.3) is 0 Å². The Balaban J connectivity index is 0.000000152. The van der Waals surface area contributed by atoms with E-state index >= 15 is 0 Å². The fraction of sp³-hybridized carbons (Fsp3) is 0. The van der Waals surface area contributed by atoms with Gasteiger partial charge in [-0.25, -0.2) is 9.97 Å². The molecule has 0 aliphatic carbocycles. The number of oxazole rings is 1. The van der Waals surface area contributed by atoms with E-state index in [2.05, 4.69) is 16.0 Å². The summed E-state index contributed by atoms with van der Waals surface area (Å²) < 4.78 is 6.77. The van der Waals surface area contributed by atoms with Gasteiger partial charge in [-0.15, -0.1) is 11.3 Å². The molecule has 4 aromatic carbocycles. The second-order valence-electron chi connectivity index (χ2n) is 6.99. The summed E-state index contributed by atoms with van der Waals surface area (Å²) in [5.74, 6) is 0.619. The zero-order valence-electron chi connectivity index (χ0n) is 17.5. The molecule has 0 atom stereocenters. The van der Waals surface area contributed by atoms with Gasteiger partial charge in [0.05, 0.1) is 15.8 Å². The molecule has 0 saturated carbocycles. The molecule has 0 spiro atoms. The molecule has 0 saturated heterocycles. The van der Waals surface area contributed by atoms with Crippen LogP contribution in [0.5, 0.6) is 5.75 Å². The van der Waals surface area contributed by atoms with Crippen LogP contribution in [0.3, 0.4) is 0 Å². The van der Waals surface area contributed by atoms with E-state index in [9.17, 15) is 5.11 Å². The number of aromatic nitrogens is 2. The Morgan fingerprint density at radius 3 is 2.06 bits per heavy atom. The number of para-hydroxylation sites is 4. The van der Waals surface area contributed by atoms with Crippen LogP contribution in [0.4, 0.5) is 0 Å². The van der Waals surface area contributed by atoms with Gasteiger partial charge in [0.1, 0.15) is 16.3 Å². The number of fused-ring (bicyclic) bond motifs is 2. The number of phenols is 1. The minimum atomic E-state index is 0. The molecule has 0 aliphatic heterocycles. The van der Waals surface area contributed by atoms with Crippen molar-refractivity contribution < 1.29 is 29.0 Å². The maximum Gasteiger partial charge on any atom is 0.231 e. The predicted molar refractivity (Wildman–Crippen MR) is 132 cm³/mol. The van der Waals surface area contributed by atoms with Gasteiger partial charge >= 0.3 is 0 Å². The van der Waals surface area contributed by atoms with Gasteiger partial charge in [0.15, 0.2) is 5.58 Å². The van der Waals surface area contributed by atoms with Crippen LogP contribution in [0.1, 0.15) is 0 Å². The van der Waals surface area contributed by atoms with Crippen LogP contribution in [0.25, 0.3) is 43.3 Å². The fourth-order valence-electron chi connectivity index (χ4n) is 3.27. The third kappa shape index (κ3) is 4.96. The molecule has 2 aromatic heterocycles. The molecular weight excluding hydrogens is 502 g/mol. The Hall–Kier alpha value is -3.12. The molecule has 6 rings (SSSR count). The van der Waals surface area contributed by atoms with E-state index in [0.717, 1.165) is 32.1 Å². The second kappa shape index (κ2) is 10.2. The fourth-order valence-corrected chi connectivity index (χ4v) is 4.59. The second-order valence-corrected chi connectivity index (χ2v) is 8.46. The largest absolute Gasteiger partial charge is 0.779 e. The van der Waals surface area contributed by atoms with Crippen molar-refractivity contribution in [2.24, 2.45) is 0 Å². The van der Waals surface area contributed by atoms with Crippen molar-refractivity contribution in [1.82, 2.24) is 9.97 Å². The summed E-state index contributed by atoms with van der Waals surface area (Å²) in [5.41, 5.74) is 4.22. The molecule has 6 aromatic rings. The van der Waals surface area contributed by atoms with Crippen molar-refractivity contribution in [1.29, 1.82) is 0 Å². The van der Waals surface area contributed by atoms with Crippen molar-refractivity contribution >= 4 is 45.3 Å². The standard InChI is InChI=1S/C13H9NO2.C13H9NS2.Zn/c2*15-11-7-3-1-5-9(11)13-14-10-6-2-4-8-12(10)16-13;/h2*1-8,15H;/p-1. The Morgan fingerprint density at radius 1 is 0.697 bits per heavy atom. The third-order valence-electron chi connectivity index (χ3n) is 4.84. The summed E-state index contributed by atoms with van der Waals surface area (Å²) in [4.78, 5) is 9.78. The molecule has 0 bridgehead atoms. The monoisotopic (exact) mass is 517 g/mol. The van der Waals surface area contributed by atoms with Crippen LogP contribution >= 0.6 is 11.3 Å². The first-order valence-corrected chi connectivity index (χ1v) is 11.2. The molecule has 0 aliphatic rings. The Bertz CT molecular complexity index is 1350. The molecule has 158 valence electrons. The minimum absolute atomic E-state index is 0. The molecule has 4 nitrogen and oxygen atoms in total. The summed E-state index contributed by atoms with van der Waals surface area (Å²) in [7, 11) is 0. The van der Waals surface area contributed by atoms with E-state index in [1.165, 1.54) is 4.70 Å². The van der Waals surface area contributed by atoms with E-state index in [4.69, 9.17) is 17.0 Å². The topological polar surface area (TPSA) is 59.2 Å². The van der Waals surface area contributed by atoms with E-state index in [-0.39, 0.29) is 25.2 Å². The first-order chi connectivity index (χ1) is 15.7. The maximum absolute atomic E-state index is 9.69. The number of rotatable bonds is 2. The summed E-state index contributed by atoms with van der Waals surface area (Å²) in [6, 6.07) is 30.6. The number of nitrogens with zero attached hydrogens (tertiary/aromatic N) is 2. The molecule has 33 heavy (non-hydrogen) atoms. The zero-order valence-corrected chi connectivity index (χ0v) is 22.1. The van der Waals surface area contributed by atoms with E-state index in [1.54, 1.807) is 29.5 Å². The number of benzene rings is 4. The van der Waals surface area contributed by atoms with Crippen LogP contribution in [0, 0.1) is 0 Å².